The summed E-state index contributed by atoms with van der Waals surface area (Å²) in [6, 6.07) is 1.90. The van der Waals surface area contributed by atoms with Gasteiger partial charge < -0.3 is 10.6 Å². The zero-order valence-corrected chi connectivity index (χ0v) is 14.3. The van der Waals surface area contributed by atoms with E-state index in [0.29, 0.717) is 12.5 Å². The van der Waals surface area contributed by atoms with E-state index in [1.165, 1.54) is 0 Å². The van der Waals surface area contributed by atoms with Crippen LogP contribution in [0.2, 0.25) is 0 Å². The molecule has 7 nitrogen and oxygen atoms in total. The fraction of sp³-hybridized carbons (Fsp3) is 0.529. The molecule has 3 heterocycles. The number of aromatic nitrogens is 4. The van der Waals surface area contributed by atoms with Crippen LogP contribution >= 0.6 is 0 Å². The lowest BCUT2D eigenvalue weighted by Gasteiger charge is -2.31. The number of rotatable bonds is 5. The highest BCUT2D eigenvalue weighted by Gasteiger charge is 2.25. The molecule has 128 valence electrons. The fourth-order valence-electron chi connectivity index (χ4n) is 3.18. The number of anilines is 1. The molecule has 24 heavy (non-hydrogen) atoms. The number of hydrogen-bond acceptors (Lipinski definition) is 5. The zero-order valence-electron chi connectivity index (χ0n) is 14.3. The highest BCUT2D eigenvalue weighted by Crippen LogP contribution is 2.25. The second-order valence-corrected chi connectivity index (χ2v) is 6.30. The van der Waals surface area contributed by atoms with Gasteiger partial charge in [-0.3, -0.25) is 9.48 Å². The maximum Gasteiger partial charge on any atom is 0.225 e. The Morgan fingerprint density at radius 2 is 2.29 bits per heavy atom. The van der Waals surface area contributed by atoms with E-state index in [2.05, 4.69) is 23.9 Å². The van der Waals surface area contributed by atoms with Gasteiger partial charge in [0.1, 0.15) is 0 Å². The van der Waals surface area contributed by atoms with E-state index in [0.717, 1.165) is 49.3 Å². The lowest BCUT2D eigenvalue weighted by Crippen LogP contribution is -2.41. The lowest BCUT2D eigenvalue weighted by molar-refractivity contribution is -0.122. The maximum absolute atomic E-state index is 11.5. The molecule has 0 saturated carbocycles. The number of hydrogen-bond donors (Lipinski definition) is 1. The molecule has 0 aromatic carbocycles. The molecule has 0 radical (unpaired) electrons. The number of primary amides is 1. The Labute approximate surface area is 141 Å². The Kier molecular flexibility index (Phi) is 4.78. The minimum Gasteiger partial charge on any atom is -0.369 e. The standard InChI is InChI=1S/C17H24N6O/c1-3-8-23-12(2)14(10-20-23)15-6-7-19-17(21-15)22-9-4-5-13(11-22)16(18)24/h6-7,10,13H,3-5,8-9,11H2,1-2H3,(H2,18,24)/t13-/m0/s1. The molecule has 0 unspecified atom stereocenters. The molecule has 1 amide bonds. The van der Waals surface area contributed by atoms with Gasteiger partial charge in [0, 0.05) is 37.1 Å². The van der Waals surface area contributed by atoms with Crippen molar-refractivity contribution in [1.29, 1.82) is 0 Å². The quantitative estimate of drug-likeness (QED) is 0.903. The van der Waals surface area contributed by atoms with Crippen molar-refractivity contribution in [2.24, 2.45) is 11.7 Å². The lowest BCUT2D eigenvalue weighted by atomic mass is 9.98. The average Bonchev–Trinajstić information content (AvgIpc) is 2.96. The second-order valence-electron chi connectivity index (χ2n) is 6.30. The fourth-order valence-corrected chi connectivity index (χ4v) is 3.18. The number of amides is 1. The van der Waals surface area contributed by atoms with Crippen molar-refractivity contribution in [3.8, 4) is 11.3 Å². The van der Waals surface area contributed by atoms with E-state index >= 15 is 0 Å². The summed E-state index contributed by atoms with van der Waals surface area (Å²) in [5, 5.41) is 4.44. The molecule has 1 fully saturated rings. The highest BCUT2D eigenvalue weighted by atomic mass is 16.1. The van der Waals surface area contributed by atoms with Gasteiger partial charge in [-0.25, -0.2) is 9.97 Å². The van der Waals surface area contributed by atoms with Crippen LogP contribution in [0.15, 0.2) is 18.5 Å². The van der Waals surface area contributed by atoms with Gasteiger partial charge in [0.05, 0.1) is 17.8 Å². The van der Waals surface area contributed by atoms with E-state index < -0.39 is 0 Å². The molecular weight excluding hydrogens is 304 g/mol. The largest absolute Gasteiger partial charge is 0.369 e. The third-order valence-corrected chi connectivity index (χ3v) is 4.56. The SMILES string of the molecule is CCCn1ncc(-c2ccnc(N3CCC[C@H](C(N)=O)C3)n2)c1C. The molecule has 1 atom stereocenters. The molecule has 1 saturated heterocycles. The van der Waals surface area contributed by atoms with Gasteiger partial charge in [0.15, 0.2) is 0 Å². The van der Waals surface area contributed by atoms with Gasteiger partial charge in [-0.05, 0) is 32.3 Å². The predicted octanol–water partition coefficient (Wildman–Crippen LogP) is 1.76. The van der Waals surface area contributed by atoms with Gasteiger partial charge in [0.25, 0.3) is 0 Å². The number of aryl methyl sites for hydroxylation is 1. The average molecular weight is 328 g/mol. The third-order valence-electron chi connectivity index (χ3n) is 4.56. The molecule has 7 heteroatoms. The first-order valence-corrected chi connectivity index (χ1v) is 8.50. The van der Waals surface area contributed by atoms with Crippen LogP contribution in [0.3, 0.4) is 0 Å². The molecule has 0 bridgehead atoms. The predicted molar refractivity (Wildman–Crippen MR) is 92.4 cm³/mol. The van der Waals surface area contributed by atoms with Crippen LogP contribution in [0.25, 0.3) is 11.3 Å². The molecule has 1 aliphatic heterocycles. The zero-order chi connectivity index (χ0) is 17.1. The molecule has 0 aliphatic carbocycles. The van der Waals surface area contributed by atoms with E-state index in [9.17, 15) is 4.79 Å². The molecule has 2 aromatic rings. The summed E-state index contributed by atoms with van der Waals surface area (Å²) in [5.74, 6) is 0.286. The Balaban J connectivity index is 1.85. The summed E-state index contributed by atoms with van der Waals surface area (Å²) in [4.78, 5) is 22.6. The van der Waals surface area contributed by atoms with Gasteiger partial charge in [-0.15, -0.1) is 0 Å². The van der Waals surface area contributed by atoms with Crippen LogP contribution < -0.4 is 10.6 Å². The van der Waals surface area contributed by atoms with Crippen molar-refractivity contribution < 1.29 is 4.79 Å². The summed E-state index contributed by atoms with van der Waals surface area (Å²) in [6.07, 6.45) is 6.43. The normalized spacial score (nSPS) is 17.9. The van der Waals surface area contributed by atoms with Crippen molar-refractivity contribution in [2.45, 2.75) is 39.7 Å². The van der Waals surface area contributed by atoms with E-state index in [1.807, 2.05) is 21.8 Å². The number of carbonyl (C=O) groups is 1. The molecule has 2 aromatic heterocycles. The first-order valence-electron chi connectivity index (χ1n) is 8.50. The van der Waals surface area contributed by atoms with Gasteiger partial charge in [-0.2, -0.15) is 5.10 Å². The summed E-state index contributed by atoms with van der Waals surface area (Å²) in [6.45, 7) is 6.53. The number of carbonyl (C=O) groups excluding carboxylic acids is 1. The molecule has 0 spiro atoms. The highest BCUT2D eigenvalue weighted by molar-refractivity contribution is 5.77. The van der Waals surface area contributed by atoms with E-state index in [1.54, 1.807) is 6.20 Å². The van der Waals surface area contributed by atoms with Gasteiger partial charge >= 0.3 is 0 Å². The van der Waals surface area contributed by atoms with Crippen molar-refractivity contribution in [3.63, 3.8) is 0 Å². The summed E-state index contributed by atoms with van der Waals surface area (Å²) < 4.78 is 2.00. The minimum atomic E-state index is -0.243. The van der Waals surface area contributed by atoms with Crippen LogP contribution in [-0.2, 0) is 11.3 Å². The number of nitrogens with zero attached hydrogens (tertiary/aromatic N) is 5. The van der Waals surface area contributed by atoms with Crippen molar-refractivity contribution >= 4 is 11.9 Å². The topological polar surface area (TPSA) is 89.9 Å². The van der Waals surface area contributed by atoms with E-state index in [-0.39, 0.29) is 11.8 Å². The Morgan fingerprint density at radius 1 is 1.46 bits per heavy atom. The first kappa shape index (κ1) is 16.4. The van der Waals surface area contributed by atoms with Gasteiger partial charge in [-0.1, -0.05) is 6.92 Å². The third kappa shape index (κ3) is 3.25. The molecule has 2 N–H and O–H groups in total. The van der Waals surface area contributed by atoms with E-state index in [4.69, 9.17) is 10.7 Å². The summed E-state index contributed by atoms with van der Waals surface area (Å²) >= 11 is 0. The second kappa shape index (κ2) is 6.98. The Morgan fingerprint density at radius 3 is 3.04 bits per heavy atom. The van der Waals surface area contributed by atoms with Crippen LogP contribution in [0.4, 0.5) is 5.95 Å². The minimum absolute atomic E-state index is 0.125. The smallest absolute Gasteiger partial charge is 0.225 e. The monoisotopic (exact) mass is 328 g/mol. The van der Waals surface area contributed by atoms with Crippen LogP contribution in [0, 0.1) is 12.8 Å². The first-order chi connectivity index (χ1) is 11.6. The summed E-state index contributed by atoms with van der Waals surface area (Å²) in [5.41, 5.74) is 8.45. The van der Waals surface area contributed by atoms with Crippen LogP contribution in [0.5, 0.6) is 0 Å². The van der Waals surface area contributed by atoms with Crippen LogP contribution in [0.1, 0.15) is 31.9 Å². The maximum atomic E-state index is 11.5. The Hall–Kier alpha value is -2.44. The Bertz CT molecular complexity index is 726. The van der Waals surface area contributed by atoms with Crippen LogP contribution in [-0.4, -0.2) is 38.7 Å². The number of piperidine rings is 1. The van der Waals surface area contributed by atoms with Crippen molar-refractivity contribution in [2.75, 3.05) is 18.0 Å². The number of nitrogens with two attached hydrogens (primary N) is 1. The summed E-state index contributed by atoms with van der Waals surface area (Å²) in [7, 11) is 0. The van der Waals surface area contributed by atoms with Crippen molar-refractivity contribution in [3.05, 3.63) is 24.2 Å². The van der Waals surface area contributed by atoms with Crippen molar-refractivity contribution in [1.82, 2.24) is 19.7 Å². The molecule has 1 aliphatic rings. The van der Waals surface area contributed by atoms with Gasteiger partial charge in [0.2, 0.25) is 11.9 Å². The molecule has 3 rings (SSSR count). The molecular formula is C17H24N6O.